The summed E-state index contributed by atoms with van der Waals surface area (Å²) in [5, 5.41) is 17.6. The van der Waals surface area contributed by atoms with Gasteiger partial charge in [-0.3, -0.25) is 19.2 Å². The van der Waals surface area contributed by atoms with Gasteiger partial charge in [-0.25, -0.2) is 4.98 Å². The summed E-state index contributed by atoms with van der Waals surface area (Å²) in [5.74, 6) is -1.43. The number of methoxy groups -OCH3 is 1. The fraction of sp³-hybridized carbons (Fsp3) is 0.333. The zero-order valence-electron chi connectivity index (χ0n) is 21.3. The average Bonchev–Trinajstić information content (AvgIpc) is 3.40. The first kappa shape index (κ1) is 27.1. The number of benzene rings is 1. The highest BCUT2D eigenvalue weighted by Gasteiger charge is 2.30. The highest BCUT2D eigenvalue weighted by molar-refractivity contribution is 6.01. The molecule has 0 spiro atoms. The number of aromatic nitrogens is 2. The number of nitrogens with zero attached hydrogens (tertiary/aromatic N) is 2. The number of ketones is 1. The van der Waals surface area contributed by atoms with Gasteiger partial charge in [-0.2, -0.15) is 5.26 Å². The number of pyridine rings is 1. The molecule has 4 N–H and O–H groups in total. The Morgan fingerprint density at radius 1 is 1.26 bits per heavy atom. The van der Waals surface area contributed by atoms with E-state index >= 15 is 0 Å². The number of aromatic amines is 1. The largest absolute Gasteiger partial charge is 0.496 e. The van der Waals surface area contributed by atoms with E-state index < -0.39 is 36.2 Å². The third-order valence-corrected chi connectivity index (χ3v) is 6.37. The van der Waals surface area contributed by atoms with Gasteiger partial charge in [0.25, 0.3) is 5.91 Å². The van der Waals surface area contributed by atoms with Gasteiger partial charge >= 0.3 is 0 Å². The number of piperidine rings is 1. The van der Waals surface area contributed by atoms with Gasteiger partial charge in [-0.15, -0.1) is 0 Å². The SMILES string of the molecule is COc1cccc2[nH]c(C(=O)NCC(=O)NC(C[C@@H]3CCCNC3=O)C(=O)COc3ccc(C#N)cn3)cc12. The van der Waals surface area contributed by atoms with Crippen molar-refractivity contribution in [2.24, 2.45) is 5.92 Å². The molecule has 12 nitrogen and oxygen atoms in total. The molecule has 12 heteroatoms. The van der Waals surface area contributed by atoms with Gasteiger partial charge in [0.05, 0.1) is 25.3 Å². The van der Waals surface area contributed by atoms with Gasteiger partial charge in [0.15, 0.2) is 12.4 Å². The van der Waals surface area contributed by atoms with Crippen molar-refractivity contribution in [2.75, 3.05) is 26.8 Å². The van der Waals surface area contributed by atoms with E-state index in [4.69, 9.17) is 14.7 Å². The summed E-state index contributed by atoms with van der Waals surface area (Å²) in [6.07, 6.45) is 2.76. The van der Waals surface area contributed by atoms with Crippen LogP contribution in [-0.4, -0.2) is 66.3 Å². The summed E-state index contributed by atoms with van der Waals surface area (Å²) in [6, 6.07) is 10.9. The maximum atomic E-state index is 13.0. The summed E-state index contributed by atoms with van der Waals surface area (Å²) in [4.78, 5) is 57.7. The molecule has 2 aromatic heterocycles. The normalized spacial score (nSPS) is 15.5. The summed E-state index contributed by atoms with van der Waals surface area (Å²) < 4.78 is 10.8. The third kappa shape index (κ3) is 6.89. The Hall–Kier alpha value is -4.92. The average molecular weight is 533 g/mol. The monoisotopic (exact) mass is 532 g/mol. The number of H-pyrrole nitrogens is 1. The van der Waals surface area contributed by atoms with E-state index in [1.54, 1.807) is 24.3 Å². The Labute approximate surface area is 224 Å². The maximum Gasteiger partial charge on any atom is 0.268 e. The minimum atomic E-state index is -1.01. The van der Waals surface area contributed by atoms with Gasteiger partial charge in [0, 0.05) is 35.6 Å². The van der Waals surface area contributed by atoms with Crippen molar-refractivity contribution in [3.05, 3.63) is 53.9 Å². The van der Waals surface area contributed by atoms with Crippen LogP contribution in [0.4, 0.5) is 0 Å². The van der Waals surface area contributed by atoms with E-state index in [0.29, 0.717) is 29.8 Å². The van der Waals surface area contributed by atoms with Crippen LogP contribution in [0.2, 0.25) is 0 Å². The smallest absolute Gasteiger partial charge is 0.268 e. The minimum absolute atomic E-state index is 0.0936. The minimum Gasteiger partial charge on any atom is -0.496 e. The summed E-state index contributed by atoms with van der Waals surface area (Å²) in [5.41, 5.74) is 1.30. The maximum absolute atomic E-state index is 13.0. The van der Waals surface area contributed by atoms with Gasteiger partial charge in [-0.1, -0.05) is 6.07 Å². The van der Waals surface area contributed by atoms with Crippen LogP contribution in [0.15, 0.2) is 42.6 Å². The van der Waals surface area contributed by atoms with E-state index in [-0.39, 0.29) is 30.4 Å². The number of amides is 3. The molecule has 0 bridgehead atoms. The van der Waals surface area contributed by atoms with Gasteiger partial charge in [0.1, 0.15) is 17.5 Å². The Morgan fingerprint density at radius 2 is 2.10 bits per heavy atom. The van der Waals surface area contributed by atoms with Gasteiger partial charge < -0.3 is 30.4 Å². The molecule has 202 valence electrons. The van der Waals surface area contributed by atoms with Crippen LogP contribution >= 0.6 is 0 Å². The Balaban J connectivity index is 1.37. The lowest BCUT2D eigenvalue weighted by Crippen LogP contribution is -2.49. The summed E-state index contributed by atoms with van der Waals surface area (Å²) in [7, 11) is 1.53. The molecule has 0 radical (unpaired) electrons. The molecule has 1 aliphatic rings. The number of nitrogens with one attached hydrogen (secondary N) is 4. The van der Waals surface area contributed by atoms with Crippen molar-refractivity contribution in [1.29, 1.82) is 5.26 Å². The number of carbonyl (C=O) groups is 4. The topological polar surface area (TPSA) is 175 Å². The number of Topliss-reactive ketones (excluding diaryl/α,β-unsaturated/α-hetero) is 1. The molecule has 3 heterocycles. The molecule has 4 rings (SSSR count). The molecule has 1 unspecified atom stereocenters. The fourth-order valence-corrected chi connectivity index (χ4v) is 4.32. The first-order valence-electron chi connectivity index (χ1n) is 12.4. The van der Waals surface area contributed by atoms with Gasteiger partial charge in [-0.05, 0) is 43.5 Å². The van der Waals surface area contributed by atoms with E-state index in [0.717, 1.165) is 11.8 Å². The van der Waals surface area contributed by atoms with Crippen LogP contribution in [0.5, 0.6) is 11.6 Å². The summed E-state index contributed by atoms with van der Waals surface area (Å²) >= 11 is 0. The van der Waals surface area contributed by atoms with Crippen LogP contribution in [0.3, 0.4) is 0 Å². The number of ether oxygens (including phenoxy) is 2. The fourth-order valence-electron chi connectivity index (χ4n) is 4.32. The van der Waals surface area contributed by atoms with E-state index in [2.05, 4.69) is 25.9 Å². The summed E-state index contributed by atoms with van der Waals surface area (Å²) in [6.45, 7) is -0.217. The molecule has 0 saturated carbocycles. The van der Waals surface area contributed by atoms with Crippen LogP contribution in [0.1, 0.15) is 35.3 Å². The lowest BCUT2D eigenvalue weighted by atomic mass is 9.90. The molecule has 2 atom stereocenters. The first-order valence-corrected chi connectivity index (χ1v) is 12.4. The van der Waals surface area contributed by atoms with Crippen LogP contribution in [0.25, 0.3) is 10.9 Å². The zero-order chi connectivity index (χ0) is 27.8. The van der Waals surface area contributed by atoms with Crippen molar-refractivity contribution in [3.63, 3.8) is 0 Å². The molecular formula is C27H28N6O6. The number of nitriles is 1. The third-order valence-electron chi connectivity index (χ3n) is 6.37. The lowest BCUT2D eigenvalue weighted by molar-refractivity contribution is -0.131. The second-order valence-corrected chi connectivity index (χ2v) is 9.03. The van der Waals surface area contributed by atoms with Crippen molar-refractivity contribution in [2.45, 2.75) is 25.3 Å². The molecule has 1 aromatic carbocycles. The Bertz CT molecular complexity index is 1410. The van der Waals surface area contributed by atoms with E-state index in [1.807, 2.05) is 6.07 Å². The highest BCUT2D eigenvalue weighted by atomic mass is 16.5. The Morgan fingerprint density at radius 3 is 2.82 bits per heavy atom. The quantitative estimate of drug-likeness (QED) is 0.285. The van der Waals surface area contributed by atoms with E-state index in [1.165, 1.54) is 25.4 Å². The molecule has 1 fully saturated rings. The number of carbonyl (C=O) groups excluding carboxylic acids is 4. The van der Waals surface area contributed by atoms with Crippen LogP contribution in [0, 0.1) is 17.2 Å². The van der Waals surface area contributed by atoms with Crippen molar-refractivity contribution in [3.8, 4) is 17.7 Å². The number of fused-ring (bicyclic) bond motifs is 1. The lowest BCUT2D eigenvalue weighted by Gasteiger charge is -2.26. The molecule has 3 amide bonds. The molecular weight excluding hydrogens is 504 g/mol. The van der Waals surface area contributed by atoms with Gasteiger partial charge in [0.2, 0.25) is 17.7 Å². The highest BCUT2D eigenvalue weighted by Crippen LogP contribution is 2.26. The predicted molar refractivity (Wildman–Crippen MR) is 139 cm³/mol. The van der Waals surface area contributed by atoms with Crippen molar-refractivity contribution in [1.82, 2.24) is 25.9 Å². The molecule has 3 aromatic rings. The van der Waals surface area contributed by atoms with Crippen molar-refractivity contribution < 1.29 is 28.7 Å². The Kier molecular flexibility index (Phi) is 8.73. The standard InChI is InChI=1S/C27H28N6O6/c1-38-23-6-2-5-19-18(23)11-21(32-19)27(37)31-14-24(35)33-20(10-17-4-3-9-29-26(17)36)22(34)15-39-25-8-7-16(12-28)13-30-25/h2,5-8,11,13,17,20,32H,3-4,9-10,14-15H2,1H3,(H,29,36)(H,31,37)(H,33,35)/t17-,20?/m0/s1. The molecule has 39 heavy (non-hydrogen) atoms. The van der Waals surface area contributed by atoms with Crippen molar-refractivity contribution >= 4 is 34.4 Å². The molecule has 0 aliphatic carbocycles. The molecule has 1 aliphatic heterocycles. The number of rotatable bonds is 11. The van der Waals surface area contributed by atoms with Crippen LogP contribution in [-0.2, 0) is 14.4 Å². The predicted octanol–water partition coefficient (Wildman–Crippen LogP) is 1.22. The van der Waals surface area contributed by atoms with Crippen LogP contribution < -0.4 is 25.4 Å². The second-order valence-electron chi connectivity index (χ2n) is 9.03. The first-order chi connectivity index (χ1) is 18.9. The number of hydrogen-bond donors (Lipinski definition) is 4. The second kappa shape index (κ2) is 12.6. The zero-order valence-corrected chi connectivity index (χ0v) is 21.3. The number of hydrogen-bond acceptors (Lipinski definition) is 8. The molecule has 1 saturated heterocycles. The van der Waals surface area contributed by atoms with E-state index in [9.17, 15) is 19.2 Å².